The molecule has 0 aromatic carbocycles. The van der Waals surface area contributed by atoms with Gasteiger partial charge in [0.05, 0.1) is 0 Å². The molecule has 0 aliphatic rings. The molecule has 0 atom stereocenters. The van der Waals surface area contributed by atoms with Crippen LogP contribution in [0.1, 0.15) is 17.7 Å². The minimum Gasteiger partial charge on any atom is -1.00 e. The van der Waals surface area contributed by atoms with Crippen molar-refractivity contribution in [1.29, 1.82) is 0 Å². The summed E-state index contributed by atoms with van der Waals surface area (Å²) in [6, 6.07) is 0. The Morgan fingerprint density at radius 1 is 0.833 bits per heavy atom. The van der Waals surface area contributed by atoms with Crippen LogP contribution in [0.2, 0.25) is 0 Å². The Balaban J connectivity index is 0. The third-order valence-corrected chi connectivity index (χ3v) is 0. The summed E-state index contributed by atoms with van der Waals surface area (Å²) in [6.07, 6.45) is 0. The van der Waals surface area contributed by atoms with E-state index in [9.17, 15) is 0 Å². The fourth-order valence-corrected chi connectivity index (χ4v) is 0. The largest absolute Gasteiger partial charge is 2.00 e. The van der Waals surface area contributed by atoms with Crippen LogP contribution in [0.5, 0.6) is 0 Å². The van der Waals surface area contributed by atoms with E-state index in [1.807, 2.05) is 0 Å². The van der Waals surface area contributed by atoms with Gasteiger partial charge >= 0.3 is 23.1 Å². The molecule has 0 saturated heterocycles. The van der Waals surface area contributed by atoms with Gasteiger partial charge in [-0.25, -0.2) is 0 Å². The first-order valence-corrected chi connectivity index (χ1v) is 0. The van der Waals surface area contributed by atoms with Crippen LogP contribution in [0.4, 0.5) is 0 Å². The average molecular weight is 124 g/mol. The van der Waals surface area contributed by atoms with Crippen molar-refractivity contribution in [2.24, 2.45) is 0 Å². The van der Waals surface area contributed by atoms with Crippen LogP contribution < -0.4 is 0 Å². The molecular weight excluding hydrogens is 107 g/mol. The van der Waals surface area contributed by atoms with Crippen molar-refractivity contribution in [2.75, 3.05) is 0 Å². The summed E-state index contributed by atoms with van der Waals surface area (Å²) in [5.41, 5.74) is 0. The van der Waals surface area contributed by atoms with Gasteiger partial charge in [-0.15, -0.1) is 0 Å². The zero-order chi connectivity index (χ0) is 0. The normalized spacial score (nSPS) is 0. The van der Waals surface area contributed by atoms with Gasteiger partial charge in [-0.2, -0.15) is 0 Å². The molecule has 0 radical (unpaired) electrons. The fourth-order valence-electron chi connectivity index (χ4n) is 0. The molecule has 0 fully saturated rings. The summed E-state index contributed by atoms with van der Waals surface area (Å²) in [4.78, 5) is 0. The van der Waals surface area contributed by atoms with E-state index in [1.165, 1.54) is 0 Å². The maximum Gasteiger partial charge on any atom is 2.00 e. The van der Waals surface area contributed by atoms with Gasteiger partial charge < -0.3 is 13.8 Å². The van der Waals surface area contributed by atoms with Gasteiger partial charge in [0.1, 0.15) is 0 Å². The SMILES string of the molecule is C.C.O.O.[AlH3].[H-].[H-].[Mg+2]. The number of hydrogen-bond acceptors (Lipinski definition) is 0. The second-order valence-electron chi connectivity index (χ2n) is 0. The van der Waals surface area contributed by atoms with Gasteiger partial charge in [0.15, 0.2) is 17.4 Å². The predicted octanol–water partition coefficient (Wildman–Crippen LogP) is -1.72. The summed E-state index contributed by atoms with van der Waals surface area (Å²) in [5, 5.41) is 0. The molecule has 0 amide bonds. The molecule has 0 aromatic rings. The molecular formula is C2H17AlMgO2. The molecule has 0 unspecified atom stereocenters. The van der Waals surface area contributed by atoms with Crippen molar-refractivity contribution in [2.45, 2.75) is 14.9 Å². The molecule has 0 saturated carbocycles. The van der Waals surface area contributed by atoms with E-state index >= 15 is 0 Å². The van der Waals surface area contributed by atoms with Crippen molar-refractivity contribution >= 4 is 40.4 Å². The zero-order valence-corrected chi connectivity index (χ0v) is 3.12. The minimum absolute atomic E-state index is 0. The molecule has 0 heterocycles. The number of hydrogen-bond donors (Lipinski definition) is 0. The van der Waals surface area contributed by atoms with Crippen molar-refractivity contribution in [3.8, 4) is 0 Å². The predicted molar refractivity (Wildman–Crippen MR) is 38.6 cm³/mol. The fraction of sp³-hybridized carbons (Fsp3) is 1.00. The van der Waals surface area contributed by atoms with Crippen LogP contribution in [0.3, 0.4) is 0 Å². The van der Waals surface area contributed by atoms with Crippen LogP contribution in [0.25, 0.3) is 0 Å². The molecule has 0 aliphatic carbocycles. The summed E-state index contributed by atoms with van der Waals surface area (Å²) in [5.74, 6) is 0. The monoisotopic (exact) mass is 124 g/mol. The smallest absolute Gasteiger partial charge is 1.00 e. The molecule has 0 aliphatic heterocycles. The second kappa shape index (κ2) is 114. The van der Waals surface area contributed by atoms with Gasteiger partial charge in [0, 0.05) is 0 Å². The molecule has 0 aromatic heterocycles. The minimum atomic E-state index is 0. The summed E-state index contributed by atoms with van der Waals surface area (Å²) >= 11 is 0. The molecule has 6 heavy (non-hydrogen) atoms. The Labute approximate surface area is 69.2 Å². The van der Waals surface area contributed by atoms with E-state index < -0.39 is 0 Å². The van der Waals surface area contributed by atoms with Crippen molar-refractivity contribution < 1.29 is 13.8 Å². The Kier molecular flexibility index (Phi) is 3570. The molecule has 0 spiro atoms. The molecule has 0 bridgehead atoms. The number of rotatable bonds is 0. The summed E-state index contributed by atoms with van der Waals surface area (Å²) < 4.78 is 0. The van der Waals surface area contributed by atoms with Crippen LogP contribution in [0, 0.1) is 0 Å². The Bertz CT molecular complexity index is 18.0. The van der Waals surface area contributed by atoms with Gasteiger partial charge in [0.25, 0.3) is 0 Å². The summed E-state index contributed by atoms with van der Waals surface area (Å²) in [6.45, 7) is 0. The van der Waals surface area contributed by atoms with Crippen molar-refractivity contribution in [3.05, 3.63) is 0 Å². The first-order chi connectivity index (χ1) is 0. The van der Waals surface area contributed by atoms with E-state index in [-0.39, 0.29) is 69.1 Å². The Morgan fingerprint density at radius 2 is 0.833 bits per heavy atom. The second-order valence-corrected chi connectivity index (χ2v) is 0. The zero-order valence-electron chi connectivity index (χ0n) is 3.71. The van der Waals surface area contributed by atoms with Crippen molar-refractivity contribution in [1.82, 2.24) is 0 Å². The molecule has 4 heteroatoms. The van der Waals surface area contributed by atoms with Crippen LogP contribution in [0.15, 0.2) is 0 Å². The van der Waals surface area contributed by atoms with Crippen LogP contribution in [-0.4, -0.2) is 51.4 Å². The van der Waals surface area contributed by atoms with Crippen molar-refractivity contribution in [3.63, 3.8) is 0 Å². The Hall–Kier alpha value is 1.22. The first-order valence-electron chi connectivity index (χ1n) is 0. The molecule has 0 rings (SSSR count). The van der Waals surface area contributed by atoms with E-state index in [4.69, 9.17) is 0 Å². The third-order valence-electron chi connectivity index (χ3n) is 0. The van der Waals surface area contributed by atoms with Crippen LogP contribution >= 0.6 is 0 Å². The standard InChI is InChI=1S/2CH4.Al.Mg.2H2O.5H/h2*1H4;;;2*1H2;;;;;/q;;;+2;;;;;;2*-1. The van der Waals surface area contributed by atoms with Crippen LogP contribution in [-0.2, 0) is 0 Å². The quantitative estimate of drug-likeness (QED) is 0.345. The molecule has 2 nitrogen and oxygen atoms in total. The third kappa shape index (κ3) is 62.5. The van der Waals surface area contributed by atoms with Gasteiger partial charge in [0.2, 0.25) is 0 Å². The molecule has 4 N–H and O–H groups in total. The molecule has 42 valence electrons. The van der Waals surface area contributed by atoms with E-state index in [0.29, 0.717) is 0 Å². The summed E-state index contributed by atoms with van der Waals surface area (Å²) in [7, 11) is 0. The van der Waals surface area contributed by atoms with Gasteiger partial charge in [-0.1, -0.05) is 14.9 Å². The van der Waals surface area contributed by atoms with E-state index in [0.717, 1.165) is 0 Å². The van der Waals surface area contributed by atoms with E-state index in [2.05, 4.69) is 0 Å². The first kappa shape index (κ1) is 188. The average Bonchev–Trinajstić information content (AvgIpc) is 0. The Morgan fingerprint density at radius 3 is 0.833 bits per heavy atom. The van der Waals surface area contributed by atoms with Gasteiger partial charge in [-0.3, -0.25) is 0 Å². The maximum atomic E-state index is 0. The van der Waals surface area contributed by atoms with E-state index in [1.54, 1.807) is 0 Å². The maximum absolute atomic E-state index is 0. The van der Waals surface area contributed by atoms with Gasteiger partial charge in [-0.05, 0) is 0 Å². The topological polar surface area (TPSA) is 63.0 Å².